The van der Waals surface area contributed by atoms with Crippen molar-refractivity contribution in [2.24, 2.45) is 0 Å². The number of ether oxygens (including phenoxy) is 1. The van der Waals surface area contributed by atoms with E-state index < -0.39 is 0 Å². The van der Waals surface area contributed by atoms with Gasteiger partial charge in [0.1, 0.15) is 6.73 Å². The Morgan fingerprint density at radius 1 is 1.47 bits per heavy atom. The summed E-state index contributed by atoms with van der Waals surface area (Å²) < 4.78 is 6.02. The van der Waals surface area contributed by atoms with Gasteiger partial charge in [0.05, 0.1) is 0 Å². The molecule has 4 heteroatoms. The van der Waals surface area contributed by atoms with Crippen molar-refractivity contribution in [3.05, 3.63) is 33.4 Å². The van der Waals surface area contributed by atoms with E-state index in [0.29, 0.717) is 0 Å². The Morgan fingerprint density at radius 3 is 2.60 bits per heavy atom. The molecule has 0 heterocycles. The number of esters is 1. The van der Waals surface area contributed by atoms with Crippen LogP contribution in [0.15, 0.2) is 24.3 Å². The summed E-state index contributed by atoms with van der Waals surface area (Å²) in [6, 6.07) is 8.42. The molecule has 0 radical (unpaired) electrons. The molecule has 15 heavy (non-hydrogen) atoms. The maximum Gasteiger partial charge on any atom is 0.303 e. The fourth-order valence-corrected chi connectivity index (χ4v) is 1.50. The van der Waals surface area contributed by atoms with Crippen LogP contribution >= 0.6 is 22.6 Å². The number of rotatable bonds is 4. The average Bonchev–Trinajstić information content (AvgIpc) is 2.18. The van der Waals surface area contributed by atoms with Crippen molar-refractivity contribution < 1.29 is 9.53 Å². The predicted octanol–water partition coefficient (Wildman–Crippen LogP) is 2.46. The summed E-state index contributed by atoms with van der Waals surface area (Å²) >= 11 is 2.27. The highest BCUT2D eigenvalue weighted by molar-refractivity contribution is 14.1. The third-order valence-corrected chi connectivity index (χ3v) is 2.75. The molecule has 0 bridgehead atoms. The molecule has 0 fully saturated rings. The van der Waals surface area contributed by atoms with Gasteiger partial charge >= 0.3 is 5.97 Å². The summed E-state index contributed by atoms with van der Waals surface area (Å²) in [5.41, 5.74) is 1.18. The van der Waals surface area contributed by atoms with Gasteiger partial charge < -0.3 is 4.74 Å². The Hall–Kier alpha value is -0.620. The lowest BCUT2D eigenvalue weighted by Crippen LogP contribution is -2.23. The Kier molecular flexibility index (Phi) is 5.04. The fourth-order valence-electron chi connectivity index (χ4n) is 1.14. The standard InChI is InChI=1S/C11H14INO2/c1-8(13-7-15-9(2)14)10-3-5-11(12)6-4-10/h3-6,8,13H,7H2,1-2H3/t8-/m0/s1. The van der Waals surface area contributed by atoms with Crippen LogP contribution in [0.1, 0.15) is 25.5 Å². The summed E-state index contributed by atoms with van der Waals surface area (Å²) in [4.78, 5) is 10.5. The number of carbonyl (C=O) groups is 1. The van der Waals surface area contributed by atoms with Crippen molar-refractivity contribution in [3.63, 3.8) is 0 Å². The number of hydrogen-bond acceptors (Lipinski definition) is 3. The molecule has 3 nitrogen and oxygen atoms in total. The van der Waals surface area contributed by atoms with Crippen molar-refractivity contribution in [3.8, 4) is 0 Å². The van der Waals surface area contributed by atoms with Crippen molar-refractivity contribution >= 4 is 28.6 Å². The highest BCUT2D eigenvalue weighted by Gasteiger charge is 2.04. The number of benzene rings is 1. The topological polar surface area (TPSA) is 38.3 Å². The minimum atomic E-state index is -0.266. The quantitative estimate of drug-likeness (QED) is 0.526. The van der Waals surface area contributed by atoms with Crippen LogP contribution in [0.25, 0.3) is 0 Å². The van der Waals surface area contributed by atoms with E-state index in [9.17, 15) is 4.79 Å². The van der Waals surface area contributed by atoms with Crippen molar-refractivity contribution in [1.29, 1.82) is 0 Å². The maximum atomic E-state index is 10.5. The van der Waals surface area contributed by atoms with Crippen LogP contribution in [0, 0.1) is 3.57 Å². The van der Waals surface area contributed by atoms with E-state index in [4.69, 9.17) is 4.74 Å². The zero-order valence-corrected chi connectivity index (χ0v) is 10.9. The molecule has 0 aliphatic carbocycles. The van der Waals surface area contributed by atoms with E-state index in [-0.39, 0.29) is 18.7 Å². The molecule has 1 atom stereocenters. The first kappa shape index (κ1) is 12.4. The highest BCUT2D eigenvalue weighted by Crippen LogP contribution is 2.13. The van der Waals surface area contributed by atoms with Gasteiger partial charge in [0.15, 0.2) is 0 Å². The summed E-state index contributed by atoms with van der Waals surface area (Å²) in [5.74, 6) is -0.266. The van der Waals surface area contributed by atoms with Gasteiger partial charge in [0.25, 0.3) is 0 Å². The van der Waals surface area contributed by atoms with Crippen LogP contribution in [-0.2, 0) is 9.53 Å². The van der Waals surface area contributed by atoms with E-state index in [0.717, 1.165) is 0 Å². The van der Waals surface area contributed by atoms with Crippen LogP contribution in [0.4, 0.5) is 0 Å². The Morgan fingerprint density at radius 2 is 2.07 bits per heavy atom. The van der Waals surface area contributed by atoms with Gasteiger partial charge in [-0.15, -0.1) is 0 Å². The molecule has 1 aromatic carbocycles. The van der Waals surface area contributed by atoms with Gasteiger partial charge in [-0.1, -0.05) is 12.1 Å². The first-order valence-corrected chi connectivity index (χ1v) is 5.79. The number of nitrogens with one attached hydrogen (secondary N) is 1. The molecule has 82 valence electrons. The highest BCUT2D eigenvalue weighted by atomic mass is 127. The van der Waals surface area contributed by atoms with Gasteiger partial charge in [-0.25, -0.2) is 0 Å². The Labute approximate surface area is 103 Å². The van der Waals surface area contributed by atoms with E-state index in [1.165, 1.54) is 16.1 Å². The molecule has 0 aliphatic heterocycles. The molecule has 0 saturated carbocycles. The third kappa shape index (κ3) is 4.61. The van der Waals surface area contributed by atoms with Crippen molar-refractivity contribution in [2.45, 2.75) is 19.9 Å². The molecule has 0 aliphatic rings. The van der Waals surface area contributed by atoms with Crippen LogP contribution in [0.2, 0.25) is 0 Å². The lowest BCUT2D eigenvalue weighted by atomic mass is 10.1. The second-order valence-electron chi connectivity index (χ2n) is 3.26. The van der Waals surface area contributed by atoms with Gasteiger partial charge in [-0.2, -0.15) is 0 Å². The number of carbonyl (C=O) groups excluding carboxylic acids is 1. The molecule has 0 amide bonds. The Bertz CT molecular complexity index is 324. The number of hydrogen-bond donors (Lipinski definition) is 1. The smallest absolute Gasteiger partial charge is 0.303 e. The molecule has 0 saturated heterocycles. The first-order valence-electron chi connectivity index (χ1n) is 4.72. The molecule has 0 spiro atoms. The molecule has 0 aromatic heterocycles. The lowest BCUT2D eigenvalue weighted by molar-refractivity contribution is -0.141. The van der Waals surface area contributed by atoms with E-state index in [2.05, 4.69) is 52.2 Å². The van der Waals surface area contributed by atoms with Crippen molar-refractivity contribution in [1.82, 2.24) is 5.32 Å². The number of halogens is 1. The minimum Gasteiger partial charge on any atom is -0.450 e. The molecule has 1 rings (SSSR count). The molecular weight excluding hydrogens is 305 g/mol. The van der Waals surface area contributed by atoms with Crippen LogP contribution in [0.3, 0.4) is 0 Å². The molecular formula is C11H14INO2. The summed E-state index contributed by atoms with van der Waals surface area (Å²) in [5, 5.41) is 3.10. The van der Waals surface area contributed by atoms with Gasteiger partial charge in [0.2, 0.25) is 0 Å². The third-order valence-electron chi connectivity index (χ3n) is 2.03. The average molecular weight is 319 g/mol. The zero-order valence-electron chi connectivity index (χ0n) is 8.79. The SMILES string of the molecule is CC(=O)OCN[C@@H](C)c1ccc(I)cc1. The molecule has 0 unspecified atom stereocenters. The van der Waals surface area contributed by atoms with Gasteiger partial charge in [0, 0.05) is 16.5 Å². The zero-order chi connectivity index (χ0) is 11.3. The van der Waals surface area contributed by atoms with E-state index in [1.54, 1.807) is 0 Å². The van der Waals surface area contributed by atoms with Crippen LogP contribution < -0.4 is 5.32 Å². The van der Waals surface area contributed by atoms with Crippen LogP contribution in [0.5, 0.6) is 0 Å². The van der Waals surface area contributed by atoms with Gasteiger partial charge in [-0.05, 0) is 47.2 Å². The molecule has 1 aromatic rings. The van der Waals surface area contributed by atoms with E-state index in [1.807, 2.05) is 6.92 Å². The lowest BCUT2D eigenvalue weighted by Gasteiger charge is -2.13. The van der Waals surface area contributed by atoms with Crippen LogP contribution in [-0.4, -0.2) is 12.7 Å². The summed E-state index contributed by atoms with van der Waals surface area (Å²) in [6.07, 6.45) is 0. The normalized spacial score (nSPS) is 12.2. The Balaban J connectivity index is 2.43. The fraction of sp³-hybridized carbons (Fsp3) is 0.364. The summed E-state index contributed by atoms with van der Waals surface area (Å²) in [7, 11) is 0. The van der Waals surface area contributed by atoms with E-state index >= 15 is 0 Å². The second kappa shape index (κ2) is 6.07. The monoisotopic (exact) mass is 319 g/mol. The summed E-state index contributed by atoms with van der Waals surface area (Å²) in [6.45, 7) is 3.69. The minimum absolute atomic E-state index is 0.182. The largest absolute Gasteiger partial charge is 0.450 e. The second-order valence-corrected chi connectivity index (χ2v) is 4.50. The van der Waals surface area contributed by atoms with Gasteiger partial charge in [-0.3, -0.25) is 10.1 Å². The first-order chi connectivity index (χ1) is 7.09. The van der Waals surface area contributed by atoms with Crippen molar-refractivity contribution in [2.75, 3.05) is 6.73 Å². The predicted molar refractivity (Wildman–Crippen MR) is 67.3 cm³/mol. The molecule has 1 N–H and O–H groups in total. The maximum absolute atomic E-state index is 10.5.